The molecule has 2 unspecified atom stereocenters. The van der Waals surface area contributed by atoms with Crippen LogP contribution < -0.4 is 11.1 Å². The summed E-state index contributed by atoms with van der Waals surface area (Å²) in [4.78, 5) is 17.7. The molecule has 1 aromatic heterocycles. The fourth-order valence-electron chi connectivity index (χ4n) is 2.07. The average Bonchev–Trinajstić information content (AvgIpc) is 2.97. The maximum atomic E-state index is 12.1. The van der Waals surface area contributed by atoms with Gasteiger partial charge in [-0.05, 0) is 18.9 Å². The number of hydrogen-bond donors (Lipinski definition) is 2. The van der Waals surface area contributed by atoms with Crippen LogP contribution in [0.1, 0.15) is 47.8 Å². The Bertz CT molecular complexity index is 582. The molecule has 0 aliphatic heterocycles. The Labute approximate surface area is 129 Å². The molecule has 0 saturated carbocycles. The van der Waals surface area contributed by atoms with Crippen molar-refractivity contribution in [2.24, 2.45) is 5.73 Å². The van der Waals surface area contributed by atoms with Crippen LogP contribution in [0.25, 0.3) is 0 Å². The lowest BCUT2D eigenvalue weighted by Crippen LogP contribution is -2.29. The lowest BCUT2D eigenvalue weighted by Gasteiger charge is -2.15. The second kappa shape index (κ2) is 7.33. The molecular formula is C16H21N3OS. The van der Waals surface area contributed by atoms with Gasteiger partial charge in [0.15, 0.2) is 0 Å². The van der Waals surface area contributed by atoms with E-state index in [1.807, 2.05) is 43.5 Å². The van der Waals surface area contributed by atoms with Crippen molar-refractivity contribution in [2.75, 3.05) is 0 Å². The van der Waals surface area contributed by atoms with E-state index in [0.717, 1.165) is 17.0 Å². The summed E-state index contributed by atoms with van der Waals surface area (Å²) in [5.41, 5.74) is 7.04. The number of nitrogens with two attached hydrogens (primary N) is 1. The van der Waals surface area contributed by atoms with E-state index in [2.05, 4.69) is 17.2 Å². The Balaban J connectivity index is 1.89. The summed E-state index contributed by atoms with van der Waals surface area (Å²) >= 11 is 1.64. The first-order valence-electron chi connectivity index (χ1n) is 7.14. The van der Waals surface area contributed by atoms with Gasteiger partial charge in [-0.3, -0.25) is 4.79 Å². The summed E-state index contributed by atoms with van der Waals surface area (Å²) < 4.78 is 0. The fraction of sp³-hybridized carbons (Fsp3) is 0.375. The molecule has 0 aliphatic carbocycles. The summed E-state index contributed by atoms with van der Waals surface area (Å²) in [6, 6.07) is 9.32. The monoisotopic (exact) mass is 303 g/mol. The van der Waals surface area contributed by atoms with E-state index in [4.69, 9.17) is 5.73 Å². The topological polar surface area (TPSA) is 68.0 Å². The lowest BCUT2D eigenvalue weighted by molar-refractivity contribution is -0.122. The maximum absolute atomic E-state index is 12.1. The van der Waals surface area contributed by atoms with Gasteiger partial charge in [0.1, 0.15) is 5.01 Å². The van der Waals surface area contributed by atoms with Crippen LogP contribution in [0.2, 0.25) is 0 Å². The normalized spacial score (nSPS) is 13.7. The zero-order chi connectivity index (χ0) is 15.2. The van der Waals surface area contributed by atoms with Gasteiger partial charge in [0.2, 0.25) is 5.91 Å². The highest BCUT2D eigenvalue weighted by molar-refractivity contribution is 7.11. The molecule has 0 saturated heterocycles. The van der Waals surface area contributed by atoms with Gasteiger partial charge in [-0.25, -0.2) is 4.98 Å². The van der Waals surface area contributed by atoms with Crippen molar-refractivity contribution in [3.63, 3.8) is 0 Å². The van der Waals surface area contributed by atoms with Crippen LogP contribution in [0, 0.1) is 0 Å². The predicted molar refractivity (Wildman–Crippen MR) is 86.0 cm³/mol. The maximum Gasteiger partial charge on any atom is 0.222 e. The zero-order valence-corrected chi connectivity index (χ0v) is 13.2. The Kier molecular flexibility index (Phi) is 5.47. The minimum Gasteiger partial charge on any atom is -0.347 e. The first kappa shape index (κ1) is 15.7. The lowest BCUT2D eigenvalue weighted by atomic mass is 10.0. The molecule has 0 bridgehead atoms. The predicted octanol–water partition coefficient (Wildman–Crippen LogP) is 2.97. The van der Waals surface area contributed by atoms with Crippen molar-refractivity contribution < 1.29 is 4.79 Å². The van der Waals surface area contributed by atoms with E-state index in [0.29, 0.717) is 0 Å². The van der Waals surface area contributed by atoms with E-state index in [-0.39, 0.29) is 24.4 Å². The molecule has 1 aromatic carbocycles. The molecule has 2 rings (SSSR count). The van der Waals surface area contributed by atoms with Crippen molar-refractivity contribution in [1.82, 2.24) is 10.3 Å². The van der Waals surface area contributed by atoms with E-state index < -0.39 is 0 Å². The van der Waals surface area contributed by atoms with Crippen molar-refractivity contribution in [3.05, 3.63) is 52.0 Å². The Morgan fingerprint density at radius 1 is 1.38 bits per heavy atom. The van der Waals surface area contributed by atoms with E-state index >= 15 is 0 Å². The smallest absolute Gasteiger partial charge is 0.222 e. The van der Waals surface area contributed by atoms with Crippen LogP contribution in [0.5, 0.6) is 0 Å². The highest BCUT2D eigenvalue weighted by Crippen LogP contribution is 2.21. The summed E-state index contributed by atoms with van der Waals surface area (Å²) in [7, 11) is 0. The largest absolute Gasteiger partial charge is 0.347 e. The fourth-order valence-corrected chi connectivity index (χ4v) is 2.93. The van der Waals surface area contributed by atoms with E-state index in [9.17, 15) is 4.79 Å². The number of carbonyl (C=O) groups excluding carboxylic acids is 1. The SMILES string of the molecule is CCc1cnc(C(C)NC(=O)CC(N)c2ccccc2)s1. The van der Waals surface area contributed by atoms with Gasteiger partial charge >= 0.3 is 0 Å². The molecule has 3 N–H and O–H groups in total. The van der Waals surface area contributed by atoms with Gasteiger partial charge in [0.25, 0.3) is 0 Å². The molecule has 2 atom stereocenters. The number of benzene rings is 1. The number of hydrogen-bond acceptors (Lipinski definition) is 4. The Hall–Kier alpha value is -1.72. The second-order valence-electron chi connectivity index (χ2n) is 5.03. The molecule has 5 heteroatoms. The number of carbonyl (C=O) groups is 1. The average molecular weight is 303 g/mol. The molecule has 4 nitrogen and oxygen atoms in total. The summed E-state index contributed by atoms with van der Waals surface area (Å²) in [6.07, 6.45) is 3.12. The number of nitrogens with one attached hydrogen (secondary N) is 1. The third-order valence-electron chi connectivity index (χ3n) is 3.30. The molecule has 112 valence electrons. The third kappa shape index (κ3) is 4.37. The molecule has 0 fully saturated rings. The number of amides is 1. The highest BCUT2D eigenvalue weighted by atomic mass is 32.1. The van der Waals surface area contributed by atoms with E-state index in [1.54, 1.807) is 11.3 Å². The summed E-state index contributed by atoms with van der Waals surface area (Å²) in [5, 5.41) is 3.90. The van der Waals surface area contributed by atoms with Crippen molar-refractivity contribution in [3.8, 4) is 0 Å². The van der Waals surface area contributed by atoms with Gasteiger partial charge in [-0.15, -0.1) is 11.3 Å². The van der Waals surface area contributed by atoms with Gasteiger partial charge in [0.05, 0.1) is 6.04 Å². The van der Waals surface area contributed by atoms with Crippen LogP contribution in [-0.2, 0) is 11.2 Å². The number of rotatable bonds is 6. The number of aryl methyl sites for hydroxylation is 1. The van der Waals surface area contributed by atoms with Crippen molar-refractivity contribution in [2.45, 2.75) is 38.8 Å². The summed E-state index contributed by atoms with van der Waals surface area (Å²) in [6.45, 7) is 4.05. The molecule has 0 radical (unpaired) electrons. The van der Waals surface area contributed by atoms with Gasteiger partial charge in [-0.2, -0.15) is 0 Å². The van der Waals surface area contributed by atoms with Crippen LogP contribution in [0.15, 0.2) is 36.5 Å². The van der Waals surface area contributed by atoms with Gasteiger partial charge in [0, 0.05) is 23.5 Å². The number of nitrogens with zero attached hydrogens (tertiary/aromatic N) is 1. The molecule has 1 amide bonds. The minimum atomic E-state index is -0.277. The summed E-state index contributed by atoms with van der Waals surface area (Å²) in [5.74, 6) is -0.0490. The quantitative estimate of drug-likeness (QED) is 0.862. The van der Waals surface area contributed by atoms with Crippen LogP contribution in [-0.4, -0.2) is 10.9 Å². The molecule has 0 spiro atoms. The van der Waals surface area contributed by atoms with Crippen LogP contribution >= 0.6 is 11.3 Å². The van der Waals surface area contributed by atoms with Gasteiger partial charge < -0.3 is 11.1 Å². The van der Waals surface area contributed by atoms with Crippen molar-refractivity contribution in [1.29, 1.82) is 0 Å². The van der Waals surface area contributed by atoms with Gasteiger partial charge in [-0.1, -0.05) is 37.3 Å². The van der Waals surface area contributed by atoms with E-state index in [1.165, 1.54) is 4.88 Å². The first-order valence-corrected chi connectivity index (χ1v) is 7.96. The standard InChI is InChI=1S/C16H21N3OS/c1-3-13-10-18-16(21-13)11(2)19-15(20)9-14(17)12-7-5-4-6-8-12/h4-8,10-11,14H,3,9,17H2,1-2H3,(H,19,20). The zero-order valence-electron chi connectivity index (χ0n) is 12.4. The molecular weight excluding hydrogens is 282 g/mol. The first-order chi connectivity index (χ1) is 10.1. The Morgan fingerprint density at radius 2 is 2.10 bits per heavy atom. The number of thiazole rings is 1. The van der Waals surface area contributed by atoms with Crippen molar-refractivity contribution >= 4 is 17.2 Å². The minimum absolute atomic E-state index is 0.0490. The molecule has 21 heavy (non-hydrogen) atoms. The Morgan fingerprint density at radius 3 is 2.71 bits per heavy atom. The molecule has 1 heterocycles. The highest BCUT2D eigenvalue weighted by Gasteiger charge is 2.16. The second-order valence-corrected chi connectivity index (χ2v) is 6.18. The third-order valence-corrected chi connectivity index (χ3v) is 4.63. The number of aromatic nitrogens is 1. The molecule has 2 aromatic rings. The molecule has 0 aliphatic rings. The van der Waals surface area contributed by atoms with Crippen LogP contribution in [0.4, 0.5) is 0 Å². The van der Waals surface area contributed by atoms with Crippen LogP contribution in [0.3, 0.4) is 0 Å².